The fourth-order valence-corrected chi connectivity index (χ4v) is 4.20. The quantitative estimate of drug-likeness (QED) is 0.807. The zero-order valence-electron chi connectivity index (χ0n) is 15.6. The van der Waals surface area contributed by atoms with Crippen molar-refractivity contribution in [3.8, 4) is 0 Å². The van der Waals surface area contributed by atoms with Crippen LogP contribution in [0.2, 0.25) is 0 Å². The van der Waals surface area contributed by atoms with Crippen molar-refractivity contribution in [2.24, 2.45) is 5.92 Å². The highest BCUT2D eigenvalue weighted by Gasteiger charge is 2.17. The third kappa shape index (κ3) is 4.93. The van der Waals surface area contributed by atoms with Crippen molar-refractivity contribution in [3.05, 3.63) is 47.8 Å². The first-order valence-corrected chi connectivity index (χ1v) is 10.8. The lowest BCUT2D eigenvalue weighted by Gasteiger charge is -2.30. The molecule has 0 aliphatic carbocycles. The molecule has 2 aromatic rings. The van der Waals surface area contributed by atoms with E-state index >= 15 is 0 Å². The molecule has 0 saturated carbocycles. The number of aryl methyl sites for hydroxylation is 1. The van der Waals surface area contributed by atoms with Gasteiger partial charge in [0.25, 0.3) is 0 Å². The van der Waals surface area contributed by atoms with Crippen LogP contribution in [0.25, 0.3) is 0 Å². The van der Waals surface area contributed by atoms with E-state index in [1.807, 2.05) is 19.1 Å². The number of nitrogens with zero attached hydrogens (tertiary/aromatic N) is 3. The third-order valence-electron chi connectivity index (χ3n) is 4.98. The minimum absolute atomic E-state index is 0.206. The zero-order valence-corrected chi connectivity index (χ0v) is 16.4. The van der Waals surface area contributed by atoms with Crippen LogP contribution in [0, 0.1) is 5.92 Å². The molecule has 1 aliphatic heterocycles. The van der Waals surface area contributed by atoms with Gasteiger partial charge in [0.05, 0.1) is 6.20 Å². The average Bonchev–Trinajstić information content (AvgIpc) is 3.13. The number of rotatable bonds is 7. The second kappa shape index (κ2) is 8.33. The molecule has 3 rings (SSSR count). The lowest BCUT2D eigenvalue weighted by Crippen LogP contribution is -2.32. The molecule has 1 fully saturated rings. The Balaban J connectivity index is 1.60. The van der Waals surface area contributed by atoms with Gasteiger partial charge in [-0.05, 0) is 49.9 Å². The van der Waals surface area contributed by atoms with E-state index in [0.29, 0.717) is 6.54 Å². The molecule has 1 aromatic carbocycles. The Morgan fingerprint density at radius 3 is 2.65 bits per heavy atom. The Bertz CT molecular complexity index is 824. The molecule has 142 valence electrons. The number of aromatic nitrogens is 2. The Labute approximate surface area is 156 Å². The number of likely N-dealkylation sites (tertiary alicyclic amines) is 1. The van der Waals surface area contributed by atoms with Gasteiger partial charge in [-0.25, -0.2) is 13.1 Å². The van der Waals surface area contributed by atoms with Gasteiger partial charge in [0.1, 0.15) is 4.90 Å². The molecule has 1 N–H and O–H groups in total. The summed E-state index contributed by atoms with van der Waals surface area (Å²) >= 11 is 0. The fraction of sp³-hybridized carbons (Fsp3) is 0.526. The van der Waals surface area contributed by atoms with Gasteiger partial charge in [0, 0.05) is 25.8 Å². The summed E-state index contributed by atoms with van der Waals surface area (Å²) in [6, 6.07) is 8.16. The van der Waals surface area contributed by atoms with Crippen LogP contribution < -0.4 is 4.72 Å². The summed E-state index contributed by atoms with van der Waals surface area (Å²) in [5.74, 6) is 0.823. The molecule has 1 saturated heterocycles. The largest absolute Gasteiger partial charge is 0.299 e. The molecule has 2 heterocycles. The second-order valence-corrected chi connectivity index (χ2v) is 8.90. The van der Waals surface area contributed by atoms with Crippen LogP contribution in [0.3, 0.4) is 0 Å². The molecule has 0 spiro atoms. The topological polar surface area (TPSA) is 67.2 Å². The summed E-state index contributed by atoms with van der Waals surface area (Å²) < 4.78 is 29.1. The van der Waals surface area contributed by atoms with E-state index in [1.54, 1.807) is 10.9 Å². The molecule has 0 radical (unpaired) electrons. The summed E-state index contributed by atoms with van der Waals surface area (Å²) in [5.41, 5.74) is 2.20. The van der Waals surface area contributed by atoms with Crippen molar-refractivity contribution in [3.63, 3.8) is 0 Å². The molecule has 1 aliphatic rings. The van der Waals surface area contributed by atoms with Crippen molar-refractivity contribution < 1.29 is 8.42 Å². The van der Waals surface area contributed by atoms with Gasteiger partial charge in [0.2, 0.25) is 10.0 Å². The highest BCUT2D eigenvalue weighted by atomic mass is 32.2. The number of nitrogens with one attached hydrogen (secondary N) is 1. The summed E-state index contributed by atoms with van der Waals surface area (Å²) in [4.78, 5) is 2.68. The maximum Gasteiger partial charge on any atom is 0.243 e. The van der Waals surface area contributed by atoms with Crippen LogP contribution in [0.5, 0.6) is 0 Å². The van der Waals surface area contributed by atoms with Crippen molar-refractivity contribution >= 4 is 10.0 Å². The maximum atomic E-state index is 12.4. The van der Waals surface area contributed by atoms with Crippen LogP contribution in [0.15, 0.2) is 41.6 Å². The summed E-state index contributed by atoms with van der Waals surface area (Å²) in [5, 5.41) is 4.03. The molecule has 0 atom stereocenters. The number of benzene rings is 1. The summed E-state index contributed by atoms with van der Waals surface area (Å²) in [6.07, 6.45) is 5.45. The van der Waals surface area contributed by atoms with Gasteiger partial charge in [-0.1, -0.05) is 31.2 Å². The first kappa shape index (κ1) is 19.1. The monoisotopic (exact) mass is 376 g/mol. The summed E-state index contributed by atoms with van der Waals surface area (Å²) in [7, 11) is -3.54. The molecular weight excluding hydrogens is 348 g/mol. The molecule has 6 nitrogen and oxygen atoms in total. The van der Waals surface area contributed by atoms with E-state index in [0.717, 1.165) is 31.1 Å². The third-order valence-corrected chi connectivity index (χ3v) is 6.34. The Kier molecular flexibility index (Phi) is 6.11. The Morgan fingerprint density at radius 2 is 1.96 bits per heavy atom. The van der Waals surface area contributed by atoms with Crippen LogP contribution in [-0.2, 0) is 29.7 Å². The normalized spacial score (nSPS) is 16.8. The highest BCUT2D eigenvalue weighted by molar-refractivity contribution is 7.89. The summed E-state index contributed by atoms with van der Waals surface area (Å²) in [6.45, 7) is 8.37. The van der Waals surface area contributed by atoms with Gasteiger partial charge in [-0.3, -0.25) is 9.58 Å². The smallest absolute Gasteiger partial charge is 0.243 e. The maximum absolute atomic E-state index is 12.4. The Morgan fingerprint density at radius 1 is 1.23 bits per heavy atom. The molecule has 1 aromatic heterocycles. The first-order chi connectivity index (χ1) is 12.5. The molecule has 0 unspecified atom stereocenters. The standard InChI is InChI=1S/C19H28N4O2S/c1-3-23-15-19(13-20-23)26(24,25)21-12-17-5-4-6-18(11-17)14-22-9-7-16(2)8-10-22/h4-6,11,13,15-16,21H,3,7-10,12,14H2,1-2H3. The van der Waals surface area contributed by atoms with Gasteiger partial charge in [-0.2, -0.15) is 5.10 Å². The molecule has 0 bridgehead atoms. The van der Waals surface area contributed by atoms with Crippen molar-refractivity contribution in [1.82, 2.24) is 19.4 Å². The lowest BCUT2D eigenvalue weighted by atomic mass is 9.98. The van der Waals surface area contributed by atoms with Gasteiger partial charge >= 0.3 is 0 Å². The van der Waals surface area contributed by atoms with Gasteiger partial charge < -0.3 is 0 Å². The SMILES string of the molecule is CCn1cc(S(=O)(=O)NCc2cccc(CN3CCC(C)CC3)c2)cn1. The van der Waals surface area contributed by atoms with Crippen LogP contribution in [0.1, 0.15) is 37.8 Å². The predicted octanol–water partition coefficient (Wildman–Crippen LogP) is 2.61. The van der Waals surface area contributed by atoms with Crippen LogP contribution in [0.4, 0.5) is 0 Å². The van der Waals surface area contributed by atoms with E-state index < -0.39 is 10.0 Å². The minimum Gasteiger partial charge on any atom is -0.299 e. The van der Waals surface area contributed by atoms with Crippen LogP contribution >= 0.6 is 0 Å². The van der Waals surface area contributed by atoms with E-state index in [1.165, 1.54) is 24.6 Å². The number of sulfonamides is 1. The lowest BCUT2D eigenvalue weighted by molar-refractivity contribution is 0.185. The molecule has 0 amide bonds. The first-order valence-electron chi connectivity index (χ1n) is 9.28. The number of hydrogen-bond donors (Lipinski definition) is 1. The van der Waals surface area contributed by atoms with Crippen molar-refractivity contribution in [1.29, 1.82) is 0 Å². The fourth-order valence-electron chi connectivity index (χ4n) is 3.23. The number of hydrogen-bond acceptors (Lipinski definition) is 4. The molecule has 7 heteroatoms. The van der Waals surface area contributed by atoms with E-state index in [4.69, 9.17) is 0 Å². The Hall–Kier alpha value is -1.70. The van der Waals surface area contributed by atoms with Crippen LogP contribution in [-0.4, -0.2) is 36.2 Å². The van der Waals surface area contributed by atoms with E-state index in [-0.39, 0.29) is 11.4 Å². The van der Waals surface area contributed by atoms with Crippen molar-refractivity contribution in [2.75, 3.05) is 13.1 Å². The van der Waals surface area contributed by atoms with Crippen molar-refractivity contribution in [2.45, 2.75) is 51.2 Å². The number of piperidine rings is 1. The van der Waals surface area contributed by atoms with Gasteiger partial charge in [-0.15, -0.1) is 0 Å². The van der Waals surface area contributed by atoms with Gasteiger partial charge in [0.15, 0.2) is 0 Å². The molecular formula is C19H28N4O2S. The van der Waals surface area contributed by atoms with E-state index in [2.05, 4.69) is 33.8 Å². The minimum atomic E-state index is -3.54. The zero-order chi connectivity index (χ0) is 18.6. The molecule has 26 heavy (non-hydrogen) atoms. The highest BCUT2D eigenvalue weighted by Crippen LogP contribution is 2.18. The van der Waals surface area contributed by atoms with E-state index in [9.17, 15) is 8.42 Å². The predicted molar refractivity (Wildman–Crippen MR) is 102 cm³/mol. The second-order valence-electron chi connectivity index (χ2n) is 7.13. The average molecular weight is 377 g/mol.